The zero-order valence-corrected chi connectivity index (χ0v) is 9.20. The largest absolute Gasteiger partial charge is 0.476 e. The van der Waals surface area contributed by atoms with Gasteiger partial charge in [0.05, 0.1) is 24.9 Å². The van der Waals surface area contributed by atoms with Crippen LogP contribution in [0.15, 0.2) is 35.4 Å². The highest BCUT2D eigenvalue weighted by Gasteiger charge is 2.09. The van der Waals surface area contributed by atoms with Crippen molar-refractivity contribution in [1.82, 2.24) is 9.97 Å². The van der Waals surface area contributed by atoms with Gasteiger partial charge in [0.2, 0.25) is 0 Å². The van der Waals surface area contributed by atoms with Crippen LogP contribution >= 0.6 is 0 Å². The minimum absolute atomic E-state index is 0.0680. The molecule has 0 fully saturated rings. The number of carboxylic acids is 1. The van der Waals surface area contributed by atoms with Crippen LogP contribution < -0.4 is 4.90 Å². The van der Waals surface area contributed by atoms with E-state index in [2.05, 4.69) is 9.97 Å². The highest BCUT2D eigenvalue weighted by atomic mass is 16.4. The van der Waals surface area contributed by atoms with Crippen LogP contribution in [0.5, 0.6) is 0 Å². The summed E-state index contributed by atoms with van der Waals surface area (Å²) in [4.78, 5) is 20.4. The van der Waals surface area contributed by atoms with Crippen LogP contribution in [0, 0.1) is 0 Å². The Morgan fingerprint density at radius 3 is 3.00 bits per heavy atom. The maximum atomic E-state index is 10.8. The van der Waals surface area contributed by atoms with E-state index < -0.39 is 5.97 Å². The van der Waals surface area contributed by atoms with Gasteiger partial charge in [-0.25, -0.2) is 9.78 Å². The summed E-state index contributed by atoms with van der Waals surface area (Å²) in [6.07, 6.45) is 5.96. The van der Waals surface area contributed by atoms with Gasteiger partial charge in [0.25, 0.3) is 0 Å². The molecular formula is C11H11N3O3. The topological polar surface area (TPSA) is 79.5 Å². The number of anilines is 1. The first-order valence-corrected chi connectivity index (χ1v) is 4.94. The molecule has 2 heterocycles. The Balaban J connectivity index is 2.16. The summed E-state index contributed by atoms with van der Waals surface area (Å²) >= 11 is 0. The molecule has 2 rings (SSSR count). The molecule has 0 aromatic carbocycles. The van der Waals surface area contributed by atoms with E-state index in [1.807, 2.05) is 13.1 Å². The number of rotatable bonds is 4. The van der Waals surface area contributed by atoms with Crippen LogP contribution in [0.3, 0.4) is 0 Å². The average molecular weight is 233 g/mol. The molecule has 0 spiro atoms. The summed E-state index contributed by atoms with van der Waals surface area (Å²) in [6.45, 7) is 0.578. The third-order valence-corrected chi connectivity index (χ3v) is 2.23. The molecule has 0 bridgehead atoms. The summed E-state index contributed by atoms with van der Waals surface area (Å²) in [5.41, 5.74) is 0.913. The Kier molecular flexibility index (Phi) is 3.04. The van der Waals surface area contributed by atoms with Gasteiger partial charge in [-0.15, -0.1) is 0 Å². The quantitative estimate of drug-likeness (QED) is 0.859. The molecule has 17 heavy (non-hydrogen) atoms. The van der Waals surface area contributed by atoms with Gasteiger partial charge in [-0.2, -0.15) is 0 Å². The number of furan rings is 1. The molecule has 2 aromatic rings. The second-order valence-electron chi connectivity index (χ2n) is 3.56. The summed E-state index contributed by atoms with van der Waals surface area (Å²) in [7, 11) is 1.81. The van der Waals surface area contributed by atoms with Gasteiger partial charge >= 0.3 is 5.97 Å². The smallest absolute Gasteiger partial charge is 0.356 e. The van der Waals surface area contributed by atoms with Crippen LogP contribution in [0.2, 0.25) is 0 Å². The Bertz CT molecular complexity index is 510. The summed E-state index contributed by atoms with van der Waals surface area (Å²) in [5, 5.41) is 8.81. The van der Waals surface area contributed by atoms with Crippen molar-refractivity contribution in [2.45, 2.75) is 6.54 Å². The predicted molar refractivity (Wildman–Crippen MR) is 59.8 cm³/mol. The number of aromatic nitrogens is 2. The van der Waals surface area contributed by atoms with E-state index in [1.54, 1.807) is 17.4 Å². The molecule has 6 nitrogen and oxygen atoms in total. The maximum Gasteiger partial charge on any atom is 0.356 e. The molecule has 0 atom stereocenters. The van der Waals surface area contributed by atoms with Gasteiger partial charge in [-0.05, 0) is 6.07 Å². The van der Waals surface area contributed by atoms with Gasteiger partial charge in [0.1, 0.15) is 5.82 Å². The maximum absolute atomic E-state index is 10.8. The van der Waals surface area contributed by atoms with E-state index in [-0.39, 0.29) is 5.69 Å². The van der Waals surface area contributed by atoms with Crippen LogP contribution in [0.1, 0.15) is 16.1 Å². The van der Waals surface area contributed by atoms with Gasteiger partial charge < -0.3 is 14.4 Å². The molecule has 0 saturated heterocycles. The molecule has 0 unspecified atom stereocenters. The standard InChI is InChI=1S/C11H11N3O3/c1-14(6-8-2-3-17-7-8)10-5-12-4-9(13-10)11(15)16/h2-5,7H,6H2,1H3,(H,15,16). The van der Waals surface area contributed by atoms with Crippen molar-refractivity contribution in [3.8, 4) is 0 Å². The van der Waals surface area contributed by atoms with E-state index in [1.165, 1.54) is 12.4 Å². The van der Waals surface area contributed by atoms with Crippen LogP contribution in [-0.2, 0) is 6.54 Å². The van der Waals surface area contributed by atoms with Crippen molar-refractivity contribution in [1.29, 1.82) is 0 Å². The molecule has 88 valence electrons. The highest BCUT2D eigenvalue weighted by Crippen LogP contribution is 2.12. The Labute approximate surface area is 97.5 Å². The van der Waals surface area contributed by atoms with Gasteiger partial charge in [-0.1, -0.05) is 0 Å². The second kappa shape index (κ2) is 4.65. The third-order valence-electron chi connectivity index (χ3n) is 2.23. The van der Waals surface area contributed by atoms with Crippen LogP contribution in [-0.4, -0.2) is 28.1 Å². The molecule has 2 aromatic heterocycles. The lowest BCUT2D eigenvalue weighted by molar-refractivity contribution is 0.0690. The van der Waals surface area contributed by atoms with Crippen molar-refractivity contribution in [3.05, 3.63) is 42.2 Å². The second-order valence-corrected chi connectivity index (χ2v) is 3.56. The lowest BCUT2D eigenvalue weighted by atomic mass is 10.3. The minimum Gasteiger partial charge on any atom is -0.476 e. The minimum atomic E-state index is -1.09. The van der Waals surface area contributed by atoms with E-state index in [9.17, 15) is 4.79 Å². The summed E-state index contributed by atoms with van der Waals surface area (Å²) in [6, 6.07) is 1.84. The number of hydrogen-bond donors (Lipinski definition) is 1. The monoisotopic (exact) mass is 233 g/mol. The molecule has 0 aliphatic rings. The molecule has 0 amide bonds. The van der Waals surface area contributed by atoms with Gasteiger partial charge in [-0.3, -0.25) is 4.98 Å². The fraction of sp³-hybridized carbons (Fsp3) is 0.182. The Hall–Kier alpha value is -2.37. The first-order chi connectivity index (χ1) is 8.16. The fourth-order valence-corrected chi connectivity index (χ4v) is 1.38. The third kappa shape index (κ3) is 2.60. The molecule has 0 aliphatic carbocycles. The van der Waals surface area contributed by atoms with E-state index in [0.29, 0.717) is 12.4 Å². The van der Waals surface area contributed by atoms with Crippen molar-refractivity contribution in [2.75, 3.05) is 11.9 Å². The molecular weight excluding hydrogens is 222 g/mol. The molecule has 1 N–H and O–H groups in total. The van der Waals surface area contributed by atoms with E-state index in [4.69, 9.17) is 9.52 Å². The average Bonchev–Trinajstić information content (AvgIpc) is 2.82. The predicted octanol–water partition coefficient (Wildman–Crippen LogP) is 1.40. The summed E-state index contributed by atoms with van der Waals surface area (Å²) < 4.78 is 4.96. The number of aromatic carboxylic acids is 1. The van der Waals surface area contributed by atoms with Crippen molar-refractivity contribution >= 4 is 11.8 Å². The zero-order chi connectivity index (χ0) is 12.3. The van der Waals surface area contributed by atoms with Crippen LogP contribution in [0.25, 0.3) is 0 Å². The highest BCUT2D eigenvalue weighted by molar-refractivity contribution is 5.85. The van der Waals surface area contributed by atoms with Crippen LogP contribution in [0.4, 0.5) is 5.82 Å². The molecule has 0 saturated carbocycles. The zero-order valence-electron chi connectivity index (χ0n) is 9.20. The number of carboxylic acid groups (broad SMARTS) is 1. The summed E-state index contributed by atoms with van der Waals surface area (Å²) in [5.74, 6) is -0.581. The molecule has 6 heteroatoms. The lowest BCUT2D eigenvalue weighted by Crippen LogP contribution is -2.18. The van der Waals surface area contributed by atoms with E-state index in [0.717, 1.165) is 5.56 Å². The van der Waals surface area contributed by atoms with E-state index >= 15 is 0 Å². The first kappa shape index (κ1) is 11.1. The first-order valence-electron chi connectivity index (χ1n) is 4.94. The molecule has 0 radical (unpaired) electrons. The number of carbonyl (C=O) groups is 1. The van der Waals surface area contributed by atoms with Gasteiger partial charge in [0, 0.05) is 19.2 Å². The van der Waals surface area contributed by atoms with Crippen molar-refractivity contribution < 1.29 is 14.3 Å². The van der Waals surface area contributed by atoms with Crippen molar-refractivity contribution in [2.24, 2.45) is 0 Å². The van der Waals surface area contributed by atoms with Gasteiger partial charge in [0.15, 0.2) is 5.69 Å². The number of hydrogen-bond acceptors (Lipinski definition) is 5. The molecule has 0 aliphatic heterocycles. The van der Waals surface area contributed by atoms with Crippen molar-refractivity contribution in [3.63, 3.8) is 0 Å². The lowest BCUT2D eigenvalue weighted by Gasteiger charge is -2.16. The fourth-order valence-electron chi connectivity index (χ4n) is 1.38. The number of nitrogens with zero attached hydrogens (tertiary/aromatic N) is 3. The normalized spacial score (nSPS) is 10.2. The SMILES string of the molecule is CN(Cc1ccoc1)c1cncc(C(=O)O)n1. The Morgan fingerprint density at radius 2 is 2.35 bits per heavy atom. The Morgan fingerprint density at radius 1 is 1.53 bits per heavy atom.